The zero-order valence-electron chi connectivity index (χ0n) is 7.59. The first-order chi connectivity index (χ1) is 7.34. The highest BCUT2D eigenvalue weighted by molar-refractivity contribution is 9.10. The molecule has 0 radical (unpaired) electrons. The Hall–Kier alpha value is -1.20. The van der Waals surface area contributed by atoms with Gasteiger partial charge in [0.25, 0.3) is 0 Å². The number of halogens is 1. The van der Waals surface area contributed by atoms with Gasteiger partial charge in [0.05, 0.1) is 23.0 Å². The molecule has 0 N–H and O–H groups in total. The molecule has 0 aliphatic carbocycles. The van der Waals surface area contributed by atoms with Crippen LogP contribution in [0.5, 0.6) is 0 Å². The molecule has 0 saturated heterocycles. The van der Waals surface area contributed by atoms with E-state index >= 15 is 0 Å². The first kappa shape index (κ1) is 9.06. The first-order valence-electron chi connectivity index (χ1n) is 4.37. The molecule has 74 valence electrons. The fourth-order valence-corrected chi connectivity index (χ4v) is 2.51. The van der Waals surface area contributed by atoms with Crippen LogP contribution in [0.15, 0.2) is 40.7 Å². The molecule has 3 nitrogen and oxygen atoms in total. The Morgan fingerprint density at radius 3 is 3.00 bits per heavy atom. The van der Waals surface area contributed by atoms with Crippen LogP contribution < -0.4 is 0 Å². The molecule has 0 aliphatic rings. The molecule has 0 aromatic carbocycles. The summed E-state index contributed by atoms with van der Waals surface area (Å²) >= 11 is 5.06. The van der Waals surface area contributed by atoms with Gasteiger partial charge in [-0.1, -0.05) is 6.07 Å². The Labute approximate surface area is 98.6 Å². The number of thiophene rings is 1. The summed E-state index contributed by atoms with van der Waals surface area (Å²) < 4.78 is 2.84. The van der Waals surface area contributed by atoms with Gasteiger partial charge in [-0.15, -0.1) is 11.3 Å². The molecule has 3 heterocycles. The maximum atomic E-state index is 4.30. The van der Waals surface area contributed by atoms with Gasteiger partial charge in [-0.05, 0) is 27.4 Å². The van der Waals surface area contributed by atoms with Crippen LogP contribution in [0.1, 0.15) is 0 Å². The van der Waals surface area contributed by atoms with Gasteiger partial charge in [0.1, 0.15) is 4.60 Å². The molecular weight excluding hydrogens is 274 g/mol. The Balaban J connectivity index is 2.32. The van der Waals surface area contributed by atoms with Crippen molar-refractivity contribution in [3.05, 3.63) is 40.7 Å². The van der Waals surface area contributed by atoms with Crippen molar-refractivity contribution in [3.63, 3.8) is 0 Å². The lowest BCUT2D eigenvalue weighted by Gasteiger charge is -1.98. The van der Waals surface area contributed by atoms with Crippen LogP contribution in [-0.2, 0) is 0 Å². The van der Waals surface area contributed by atoms with Crippen LogP contribution in [0, 0.1) is 0 Å². The fourth-order valence-electron chi connectivity index (χ4n) is 1.47. The van der Waals surface area contributed by atoms with Gasteiger partial charge in [-0.2, -0.15) is 0 Å². The molecule has 0 amide bonds. The van der Waals surface area contributed by atoms with E-state index in [1.165, 1.54) is 4.88 Å². The first-order valence-corrected chi connectivity index (χ1v) is 6.04. The normalized spacial score (nSPS) is 11.0. The van der Waals surface area contributed by atoms with Crippen LogP contribution in [0.4, 0.5) is 0 Å². The molecule has 0 saturated carbocycles. The highest BCUT2D eigenvalue weighted by Crippen LogP contribution is 2.25. The lowest BCUT2D eigenvalue weighted by molar-refractivity contribution is 1.11. The summed E-state index contributed by atoms with van der Waals surface area (Å²) in [4.78, 5) is 9.65. The quantitative estimate of drug-likeness (QED) is 0.685. The van der Waals surface area contributed by atoms with Crippen molar-refractivity contribution in [1.82, 2.24) is 14.4 Å². The minimum absolute atomic E-state index is 0.811. The molecule has 0 aliphatic heterocycles. The summed E-state index contributed by atoms with van der Waals surface area (Å²) in [7, 11) is 0. The van der Waals surface area contributed by atoms with Gasteiger partial charge in [0.2, 0.25) is 0 Å². The number of hydrogen-bond donors (Lipinski definition) is 0. The van der Waals surface area contributed by atoms with Crippen molar-refractivity contribution < 1.29 is 0 Å². The van der Waals surface area contributed by atoms with Crippen molar-refractivity contribution >= 4 is 32.9 Å². The predicted molar refractivity (Wildman–Crippen MR) is 64.0 cm³/mol. The summed E-state index contributed by atoms with van der Waals surface area (Å²) in [5.74, 6) is 0. The van der Waals surface area contributed by atoms with Crippen LogP contribution in [0.2, 0.25) is 0 Å². The van der Waals surface area contributed by atoms with E-state index in [1.54, 1.807) is 17.5 Å². The Morgan fingerprint density at radius 2 is 2.20 bits per heavy atom. The minimum atomic E-state index is 0.811. The number of hydrogen-bond acceptors (Lipinski definition) is 3. The number of nitrogens with zero attached hydrogens (tertiary/aromatic N) is 3. The highest BCUT2D eigenvalue weighted by atomic mass is 79.9. The van der Waals surface area contributed by atoms with Crippen molar-refractivity contribution in [2.45, 2.75) is 0 Å². The van der Waals surface area contributed by atoms with Gasteiger partial charge in [0, 0.05) is 6.20 Å². The molecule has 0 fully saturated rings. The molecule has 3 aromatic rings. The Morgan fingerprint density at radius 1 is 1.27 bits per heavy atom. The van der Waals surface area contributed by atoms with Crippen LogP contribution >= 0.6 is 27.3 Å². The highest BCUT2D eigenvalue weighted by Gasteiger charge is 2.06. The molecular formula is C10H6BrN3S. The van der Waals surface area contributed by atoms with E-state index in [0.29, 0.717) is 0 Å². The summed E-state index contributed by atoms with van der Waals surface area (Å²) in [5.41, 5.74) is 1.96. The third-order valence-electron chi connectivity index (χ3n) is 2.14. The molecule has 0 spiro atoms. The summed E-state index contributed by atoms with van der Waals surface area (Å²) in [5, 5.41) is 2.06. The van der Waals surface area contributed by atoms with E-state index in [4.69, 9.17) is 0 Å². The zero-order valence-corrected chi connectivity index (χ0v) is 9.99. The average molecular weight is 280 g/mol. The van der Waals surface area contributed by atoms with E-state index in [2.05, 4.69) is 37.3 Å². The molecule has 0 atom stereocenters. The van der Waals surface area contributed by atoms with E-state index in [0.717, 1.165) is 15.9 Å². The monoisotopic (exact) mass is 279 g/mol. The third kappa shape index (κ3) is 1.48. The van der Waals surface area contributed by atoms with Gasteiger partial charge >= 0.3 is 0 Å². The van der Waals surface area contributed by atoms with Crippen molar-refractivity contribution in [2.24, 2.45) is 0 Å². The Kier molecular flexibility index (Phi) is 2.07. The van der Waals surface area contributed by atoms with Crippen LogP contribution in [0.3, 0.4) is 0 Å². The maximum Gasteiger partial charge on any atom is 0.155 e. The standard InChI is InChI=1S/C10H6BrN3S/c11-9-6-14-7(8-2-1-3-15-8)4-13-10(14)5-12-9/h1-6H. The largest absolute Gasteiger partial charge is 0.295 e. The van der Waals surface area contributed by atoms with Gasteiger partial charge in [-0.3, -0.25) is 4.40 Å². The lowest BCUT2D eigenvalue weighted by atomic mass is 10.4. The molecule has 3 rings (SSSR count). The van der Waals surface area contributed by atoms with Crippen molar-refractivity contribution in [1.29, 1.82) is 0 Å². The van der Waals surface area contributed by atoms with E-state index in [-0.39, 0.29) is 0 Å². The fraction of sp³-hybridized carbons (Fsp3) is 0. The predicted octanol–water partition coefficient (Wildman–Crippen LogP) is 3.22. The number of fused-ring (bicyclic) bond motifs is 1. The smallest absolute Gasteiger partial charge is 0.155 e. The zero-order chi connectivity index (χ0) is 10.3. The SMILES string of the molecule is Brc1cn2c(-c3cccs3)cnc2cn1. The van der Waals surface area contributed by atoms with Gasteiger partial charge in [0.15, 0.2) is 5.65 Å². The molecule has 15 heavy (non-hydrogen) atoms. The van der Waals surface area contributed by atoms with E-state index in [1.807, 2.05) is 22.9 Å². The minimum Gasteiger partial charge on any atom is -0.295 e. The van der Waals surface area contributed by atoms with E-state index in [9.17, 15) is 0 Å². The average Bonchev–Trinajstić information content (AvgIpc) is 2.83. The second kappa shape index (κ2) is 3.43. The molecule has 5 heteroatoms. The number of aromatic nitrogens is 3. The maximum absolute atomic E-state index is 4.30. The van der Waals surface area contributed by atoms with Crippen molar-refractivity contribution in [3.8, 4) is 10.6 Å². The summed E-state index contributed by atoms with van der Waals surface area (Å²) in [6.07, 6.45) is 5.55. The van der Waals surface area contributed by atoms with E-state index < -0.39 is 0 Å². The summed E-state index contributed by atoms with van der Waals surface area (Å²) in [6.45, 7) is 0. The Bertz CT molecular complexity index is 600. The van der Waals surface area contributed by atoms with Crippen LogP contribution in [-0.4, -0.2) is 14.4 Å². The lowest BCUT2D eigenvalue weighted by Crippen LogP contribution is -1.88. The molecule has 3 aromatic heterocycles. The van der Waals surface area contributed by atoms with Crippen LogP contribution in [0.25, 0.3) is 16.2 Å². The summed E-state index contributed by atoms with van der Waals surface area (Å²) in [6, 6.07) is 4.12. The second-order valence-electron chi connectivity index (χ2n) is 3.06. The van der Waals surface area contributed by atoms with Gasteiger partial charge in [-0.25, -0.2) is 9.97 Å². The van der Waals surface area contributed by atoms with Crippen molar-refractivity contribution in [2.75, 3.05) is 0 Å². The number of rotatable bonds is 1. The molecule has 0 bridgehead atoms. The van der Waals surface area contributed by atoms with Gasteiger partial charge < -0.3 is 0 Å². The number of imidazole rings is 1. The third-order valence-corrected chi connectivity index (χ3v) is 3.44. The molecule has 0 unspecified atom stereocenters. The second-order valence-corrected chi connectivity index (χ2v) is 4.82. The topological polar surface area (TPSA) is 30.2 Å².